The lowest BCUT2D eigenvalue weighted by Gasteiger charge is -2.28. The smallest absolute Gasteiger partial charge is 0.220 e. The number of carbonyl (C=O) groups excluding carboxylic acids is 1. The van der Waals surface area contributed by atoms with Crippen LogP contribution in [0.25, 0.3) is 0 Å². The number of aryl methyl sites for hydroxylation is 1. The molecule has 0 aromatic heterocycles. The standard InChI is InChI=1S/C18H24BrNO/c1-12(17-11-14-5-7-15(17)9-14)20-18(21)8-6-13-3-2-4-16(19)10-13/h2-4,10,12,14-15,17H,5-9,11H2,1H3,(H,20,21). The summed E-state index contributed by atoms with van der Waals surface area (Å²) in [6.07, 6.45) is 6.94. The number of fused-ring (bicyclic) bond motifs is 2. The third-order valence-corrected chi connectivity index (χ3v) is 5.85. The first kappa shape index (κ1) is 15.1. The van der Waals surface area contributed by atoms with Crippen LogP contribution in [0.5, 0.6) is 0 Å². The van der Waals surface area contributed by atoms with Crippen LogP contribution in [0.4, 0.5) is 0 Å². The molecule has 2 fully saturated rings. The molecule has 2 aliphatic rings. The van der Waals surface area contributed by atoms with Gasteiger partial charge in [0.15, 0.2) is 0 Å². The summed E-state index contributed by atoms with van der Waals surface area (Å²) < 4.78 is 1.08. The second-order valence-corrected chi connectivity index (χ2v) is 7.74. The SMILES string of the molecule is CC(NC(=O)CCc1cccc(Br)c1)C1CC2CCC1C2. The highest BCUT2D eigenvalue weighted by molar-refractivity contribution is 9.10. The summed E-state index contributed by atoms with van der Waals surface area (Å²) in [5, 5.41) is 3.24. The van der Waals surface area contributed by atoms with Crippen molar-refractivity contribution in [2.75, 3.05) is 0 Å². The van der Waals surface area contributed by atoms with Crippen LogP contribution in [0.3, 0.4) is 0 Å². The van der Waals surface area contributed by atoms with E-state index in [0.29, 0.717) is 12.5 Å². The Bertz CT molecular complexity index is 516. The van der Waals surface area contributed by atoms with Gasteiger partial charge in [0.05, 0.1) is 0 Å². The number of hydrogen-bond acceptors (Lipinski definition) is 1. The predicted molar refractivity (Wildman–Crippen MR) is 89.0 cm³/mol. The fourth-order valence-electron chi connectivity index (χ4n) is 4.29. The van der Waals surface area contributed by atoms with Crippen molar-refractivity contribution in [2.45, 2.75) is 51.5 Å². The molecule has 2 nitrogen and oxygen atoms in total. The molecular formula is C18H24BrNO. The van der Waals surface area contributed by atoms with Gasteiger partial charge >= 0.3 is 0 Å². The first-order chi connectivity index (χ1) is 10.1. The molecule has 4 unspecified atom stereocenters. The predicted octanol–water partition coefficient (Wildman–Crippen LogP) is 4.32. The Morgan fingerprint density at radius 1 is 1.38 bits per heavy atom. The van der Waals surface area contributed by atoms with Crippen LogP contribution in [-0.4, -0.2) is 11.9 Å². The molecule has 2 aliphatic carbocycles. The first-order valence-electron chi connectivity index (χ1n) is 8.15. The fourth-order valence-corrected chi connectivity index (χ4v) is 4.74. The quantitative estimate of drug-likeness (QED) is 0.842. The van der Waals surface area contributed by atoms with Crippen LogP contribution in [-0.2, 0) is 11.2 Å². The van der Waals surface area contributed by atoms with Gasteiger partial charge in [-0.3, -0.25) is 4.79 Å². The number of hydrogen-bond donors (Lipinski definition) is 1. The molecule has 114 valence electrons. The van der Waals surface area contributed by atoms with Crippen molar-refractivity contribution in [3.8, 4) is 0 Å². The van der Waals surface area contributed by atoms with Crippen LogP contribution < -0.4 is 5.32 Å². The summed E-state index contributed by atoms with van der Waals surface area (Å²) in [5.74, 6) is 2.74. The molecule has 21 heavy (non-hydrogen) atoms. The minimum atomic E-state index is 0.199. The van der Waals surface area contributed by atoms with Crippen LogP contribution in [0, 0.1) is 17.8 Å². The van der Waals surface area contributed by atoms with E-state index in [1.54, 1.807) is 0 Å². The second kappa shape index (κ2) is 6.51. The molecule has 2 bridgehead atoms. The number of amides is 1. The number of halogens is 1. The minimum Gasteiger partial charge on any atom is -0.353 e. The Kier molecular flexibility index (Phi) is 4.68. The average molecular weight is 350 g/mol. The lowest BCUT2D eigenvalue weighted by molar-refractivity contribution is -0.122. The summed E-state index contributed by atoms with van der Waals surface area (Å²) in [7, 11) is 0. The highest BCUT2D eigenvalue weighted by Gasteiger charge is 2.41. The third-order valence-electron chi connectivity index (χ3n) is 5.35. The van der Waals surface area contributed by atoms with Crippen molar-refractivity contribution in [1.29, 1.82) is 0 Å². The van der Waals surface area contributed by atoms with Gasteiger partial charge in [0.2, 0.25) is 5.91 Å². The number of benzene rings is 1. The summed E-state index contributed by atoms with van der Waals surface area (Å²) in [4.78, 5) is 12.2. The lowest BCUT2D eigenvalue weighted by Crippen LogP contribution is -2.40. The van der Waals surface area contributed by atoms with Gasteiger partial charge < -0.3 is 5.32 Å². The minimum absolute atomic E-state index is 0.199. The summed E-state index contributed by atoms with van der Waals surface area (Å²) in [5.41, 5.74) is 1.21. The Labute approximate surface area is 135 Å². The Morgan fingerprint density at radius 3 is 2.90 bits per heavy atom. The average Bonchev–Trinajstić information content (AvgIpc) is 3.08. The Hall–Kier alpha value is -0.830. The largest absolute Gasteiger partial charge is 0.353 e. The molecule has 2 saturated carbocycles. The molecule has 3 rings (SSSR count). The lowest BCUT2D eigenvalue weighted by atomic mass is 9.84. The van der Waals surface area contributed by atoms with Crippen molar-refractivity contribution >= 4 is 21.8 Å². The van der Waals surface area contributed by atoms with E-state index in [2.05, 4.69) is 40.3 Å². The van der Waals surface area contributed by atoms with E-state index < -0.39 is 0 Å². The van der Waals surface area contributed by atoms with Crippen molar-refractivity contribution in [3.05, 3.63) is 34.3 Å². The monoisotopic (exact) mass is 349 g/mol. The van der Waals surface area contributed by atoms with Crippen molar-refractivity contribution in [2.24, 2.45) is 17.8 Å². The van der Waals surface area contributed by atoms with Gasteiger partial charge in [-0.1, -0.05) is 34.5 Å². The zero-order chi connectivity index (χ0) is 14.8. The first-order valence-corrected chi connectivity index (χ1v) is 8.95. The molecule has 0 spiro atoms. The summed E-state index contributed by atoms with van der Waals surface area (Å²) in [6, 6.07) is 8.55. The van der Waals surface area contributed by atoms with Gasteiger partial charge in [0.1, 0.15) is 0 Å². The van der Waals surface area contributed by atoms with Gasteiger partial charge in [-0.2, -0.15) is 0 Å². The van der Waals surface area contributed by atoms with Crippen LogP contribution in [0.15, 0.2) is 28.7 Å². The van der Waals surface area contributed by atoms with Crippen molar-refractivity contribution in [1.82, 2.24) is 5.32 Å². The number of rotatable bonds is 5. The Morgan fingerprint density at radius 2 is 2.24 bits per heavy atom. The van der Waals surface area contributed by atoms with Crippen LogP contribution >= 0.6 is 15.9 Å². The third kappa shape index (κ3) is 3.68. The zero-order valence-electron chi connectivity index (χ0n) is 12.6. The van der Waals surface area contributed by atoms with Crippen LogP contribution in [0.1, 0.15) is 44.6 Å². The molecular weight excluding hydrogens is 326 g/mol. The maximum absolute atomic E-state index is 12.2. The van der Waals surface area contributed by atoms with E-state index in [9.17, 15) is 4.79 Å². The summed E-state index contributed by atoms with van der Waals surface area (Å²) in [6.45, 7) is 2.20. The summed E-state index contributed by atoms with van der Waals surface area (Å²) >= 11 is 3.47. The zero-order valence-corrected chi connectivity index (χ0v) is 14.2. The Balaban J connectivity index is 1.46. The molecule has 1 aromatic rings. The van der Waals surface area contributed by atoms with Crippen LogP contribution in [0.2, 0.25) is 0 Å². The van der Waals surface area contributed by atoms with E-state index in [1.807, 2.05) is 12.1 Å². The highest BCUT2D eigenvalue weighted by atomic mass is 79.9. The molecule has 0 aliphatic heterocycles. The molecule has 1 amide bonds. The molecule has 0 heterocycles. The van der Waals surface area contributed by atoms with E-state index in [4.69, 9.17) is 0 Å². The maximum Gasteiger partial charge on any atom is 0.220 e. The molecule has 1 N–H and O–H groups in total. The highest BCUT2D eigenvalue weighted by Crippen LogP contribution is 2.49. The normalized spacial score (nSPS) is 28.6. The van der Waals surface area contributed by atoms with Gasteiger partial charge in [0, 0.05) is 16.9 Å². The van der Waals surface area contributed by atoms with Gasteiger partial charge in [-0.15, -0.1) is 0 Å². The van der Waals surface area contributed by atoms with E-state index in [0.717, 1.165) is 28.6 Å². The molecule has 0 radical (unpaired) electrons. The number of carbonyl (C=O) groups is 1. The molecule has 1 aromatic carbocycles. The second-order valence-electron chi connectivity index (χ2n) is 6.82. The molecule has 4 atom stereocenters. The molecule has 0 saturated heterocycles. The van der Waals surface area contributed by atoms with Gasteiger partial charge in [-0.05, 0) is 68.1 Å². The topological polar surface area (TPSA) is 29.1 Å². The fraction of sp³-hybridized carbons (Fsp3) is 0.611. The van der Waals surface area contributed by atoms with Crippen molar-refractivity contribution in [3.63, 3.8) is 0 Å². The van der Waals surface area contributed by atoms with Gasteiger partial charge in [0.25, 0.3) is 0 Å². The number of nitrogens with one attached hydrogen (secondary N) is 1. The maximum atomic E-state index is 12.2. The van der Waals surface area contributed by atoms with Gasteiger partial charge in [-0.25, -0.2) is 0 Å². The molecule has 3 heteroatoms. The van der Waals surface area contributed by atoms with E-state index in [-0.39, 0.29) is 5.91 Å². The van der Waals surface area contributed by atoms with Crippen molar-refractivity contribution < 1.29 is 4.79 Å². The van der Waals surface area contributed by atoms with E-state index >= 15 is 0 Å². The van der Waals surface area contributed by atoms with E-state index in [1.165, 1.54) is 31.2 Å².